The Morgan fingerprint density at radius 2 is 2.10 bits per heavy atom. The van der Waals surface area contributed by atoms with E-state index in [2.05, 4.69) is 27.1 Å². The van der Waals surface area contributed by atoms with Crippen LogP contribution in [0.4, 0.5) is 5.82 Å². The molecule has 0 bridgehead atoms. The summed E-state index contributed by atoms with van der Waals surface area (Å²) in [7, 11) is 0. The number of aliphatic hydroxyl groups is 1. The molecule has 2 aromatic heterocycles. The Morgan fingerprint density at radius 1 is 1.24 bits per heavy atom. The normalized spacial score (nSPS) is 9.62. The van der Waals surface area contributed by atoms with Crippen LogP contribution >= 0.6 is 11.6 Å². The van der Waals surface area contributed by atoms with Crippen LogP contribution in [-0.2, 0) is 0 Å². The molecule has 0 saturated carbocycles. The molecule has 6 heteroatoms. The molecule has 2 rings (SSSR count). The maximum absolute atomic E-state index is 12.0. The van der Waals surface area contributed by atoms with Crippen LogP contribution in [0.5, 0.6) is 0 Å². The molecule has 0 aliphatic carbocycles. The molecule has 0 spiro atoms. The van der Waals surface area contributed by atoms with E-state index in [4.69, 9.17) is 16.7 Å². The van der Waals surface area contributed by atoms with Crippen LogP contribution in [0.3, 0.4) is 0 Å². The van der Waals surface area contributed by atoms with Crippen LogP contribution in [0.15, 0.2) is 36.7 Å². The van der Waals surface area contributed by atoms with Crippen LogP contribution < -0.4 is 5.32 Å². The first-order chi connectivity index (χ1) is 10.2. The third-order valence-corrected chi connectivity index (χ3v) is 2.66. The number of aromatic nitrogens is 2. The average molecular weight is 302 g/mol. The highest BCUT2D eigenvalue weighted by Gasteiger charge is 2.07. The molecular weight excluding hydrogens is 290 g/mol. The number of hydrogen-bond acceptors (Lipinski definition) is 4. The first-order valence-corrected chi connectivity index (χ1v) is 6.55. The number of nitrogens with zero attached hydrogens (tertiary/aromatic N) is 2. The van der Waals surface area contributed by atoms with Crippen LogP contribution in [0.2, 0.25) is 5.02 Å². The quantitative estimate of drug-likeness (QED) is 0.852. The Morgan fingerprint density at radius 3 is 2.71 bits per heavy atom. The zero-order chi connectivity index (χ0) is 15.1. The van der Waals surface area contributed by atoms with E-state index < -0.39 is 0 Å². The summed E-state index contributed by atoms with van der Waals surface area (Å²) < 4.78 is 0. The maximum atomic E-state index is 12.0. The minimum absolute atomic E-state index is 0.0228. The van der Waals surface area contributed by atoms with Crippen molar-refractivity contribution in [3.63, 3.8) is 0 Å². The van der Waals surface area contributed by atoms with Gasteiger partial charge < -0.3 is 10.4 Å². The molecular formula is C15H12ClN3O2. The summed E-state index contributed by atoms with van der Waals surface area (Å²) in [5.41, 5.74) is 0.948. The monoisotopic (exact) mass is 301 g/mol. The molecule has 5 nitrogen and oxygen atoms in total. The standard InChI is InChI=1S/C15H12ClN3O2/c16-12-5-7-14(18-10-12)19-15(21)13-6-4-11(9-17-13)3-1-2-8-20/h4-7,9-10,20H,2,8H2,(H,18,19,21). The zero-order valence-electron chi connectivity index (χ0n) is 11.0. The van der Waals surface area contributed by atoms with E-state index in [-0.39, 0.29) is 18.2 Å². The number of rotatable bonds is 3. The summed E-state index contributed by atoms with van der Waals surface area (Å²) in [5.74, 6) is 5.66. The summed E-state index contributed by atoms with van der Waals surface area (Å²) >= 11 is 5.72. The molecule has 0 fully saturated rings. The number of carbonyl (C=O) groups excluding carboxylic acids is 1. The van der Waals surface area contributed by atoms with Crippen molar-refractivity contribution in [1.82, 2.24) is 9.97 Å². The van der Waals surface area contributed by atoms with E-state index in [1.807, 2.05) is 0 Å². The van der Waals surface area contributed by atoms with Crippen molar-refractivity contribution in [3.05, 3.63) is 52.9 Å². The molecule has 2 aromatic rings. The summed E-state index contributed by atoms with van der Waals surface area (Å²) in [6.07, 6.45) is 3.36. The summed E-state index contributed by atoms with van der Waals surface area (Å²) in [6, 6.07) is 6.52. The summed E-state index contributed by atoms with van der Waals surface area (Å²) in [4.78, 5) is 20.0. The van der Waals surface area contributed by atoms with E-state index in [0.717, 1.165) is 0 Å². The van der Waals surface area contributed by atoms with Gasteiger partial charge in [0.1, 0.15) is 11.5 Å². The van der Waals surface area contributed by atoms with Gasteiger partial charge in [-0.15, -0.1) is 0 Å². The highest BCUT2D eigenvalue weighted by atomic mass is 35.5. The lowest BCUT2D eigenvalue weighted by Crippen LogP contribution is -2.14. The lowest BCUT2D eigenvalue weighted by Gasteiger charge is -2.03. The largest absolute Gasteiger partial charge is 0.395 e. The molecule has 106 valence electrons. The number of halogens is 1. The van der Waals surface area contributed by atoms with E-state index in [9.17, 15) is 4.79 Å². The van der Waals surface area contributed by atoms with Crippen molar-refractivity contribution >= 4 is 23.3 Å². The summed E-state index contributed by atoms with van der Waals surface area (Å²) in [5, 5.41) is 11.7. The second kappa shape index (κ2) is 7.39. The Bertz CT molecular complexity index is 673. The maximum Gasteiger partial charge on any atom is 0.275 e. The van der Waals surface area contributed by atoms with E-state index in [0.29, 0.717) is 22.8 Å². The highest BCUT2D eigenvalue weighted by molar-refractivity contribution is 6.30. The number of aliphatic hydroxyl groups excluding tert-OH is 1. The van der Waals surface area contributed by atoms with Gasteiger partial charge in [-0.2, -0.15) is 0 Å². The fraction of sp³-hybridized carbons (Fsp3) is 0.133. The van der Waals surface area contributed by atoms with E-state index >= 15 is 0 Å². The minimum atomic E-state index is -0.361. The fourth-order valence-corrected chi connectivity index (χ4v) is 1.56. The van der Waals surface area contributed by atoms with Gasteiger partial charge in [0.05, 0.1) is 11.6 Å². The van der Waals surface area contributed by atoms with Crippen molar-refractivity contribution in [2.75, 3.05) is 11.9 Å². The molecule has 0 aliphatic rings. The highest BCUT2D eigenvalue weighted by Crippen LogP contribution is 2.10. The predicted octanol–water partition coefficient (Wildman–Crippen LogP) is 2.12. The zero-order valence-corrected chi connectivity index (χ0v) is 11.8. The van der Waals surface area contributed by atoms with Crippen molar-refractivity contribution in [1.29, 1.82) is 0 Å². The molecule has 0 atom stereocenters. The van der Waals surface area contributed by atoms with Gasteiger partial charge in [-0.05, 0) is 24.3 Å². The minimum Gasteiger partial charge on any atom is -0.395 e. The van der Waals surface area contributed by atoms with E-state index in [1.165, 1.54) is 12.4 Å². The topological polar surface area (TPSA) is 75.1 Å². The SMILES string of the molecule is O=C(Nc1ccc(Cl)cn1)c1ccc(C#CCCO)cn1. The molecule has 0 aromatic carbocycles. The number of pyridine rings is 2. The third kappa shape index (κ3) is 4.56. The average Bonchev–Trinajstić information content (AvgIpc) is 2.50. The number of amides is 1. The number of hydrogen-bond donors (Lipinski definition) is 2. The molecule has 0 aliphatic heterocycles. The van der Waals surface area contributed by atoms with Crippen molar-refractivity contribution < 1.29 is 9.90 Å². The first kappa shape index (κ1) is 15.0. The van der Waals surface area contributed by atoms with E-state index in [1.54, 1.807) is 24.3 Å². The third-order valence-electron chi connectivity index (χ3n) is 2.43. The van der Waals surface area contributed by atoms with Crippen molar-refractivity contribution in [2.24, 2.45) is 0 Å². The molecule has 2 N–H and O–H groups in total. The molecule has 1 amide bonds. The van der Waals surface area contributed by atoms with Gasteiger partial charge in [0, 0.05) is 24.4 Å². The van der Waals surface area contributed by atoms with Crippen LogP contribution in [0.25, 0.3) is 0 Å². The summed E-state index contributed by atoms with van der Waals surface area (Å²) in [6.45, 7) is 0.0228. The van der Waals surface area contributed by atoms with Crippen LogP contribution in [0.1, 0.15) is 22.5 Å². The Balaban J connectivity index is 2.03. The smallest absolute Gasteiger partial charge is 0.275 e. The number of anilines is 1. The molecule has 2 heterocycles. The van der Waals surface area contributed by atoms with Gasteiger partial charge in [-0.3, -0.25) is 4.79 Å². The second-order valence-electron chi connectivity index (χ2n) is 4.02. The first-order valence-electron chi connectivity index (χ1n) is 6.18. The molecule has 0 unspecified atom stereocenters. The lowest BCUT2D eigenvalue weighted by molar-refractivity contribution is 0.102. The Kier molecular flexibility index (Phi) is 5.27. The van der Waals surface area contributed by atoms with Gasteiger partial charge >= 0.3 is 0 Å². The number of nitrogens with one attached hydrogen (secondary N) is 1. The molecule has 0 radical (unpaired) electrons. The van der Waals surface area contributed by atoms with Gasteiger partial charge in [-0.1, -0.05) is 23.4 Å². The Labute approximate surface area is 127 Å². The molecule has 21 heavy (non-hydrogen) atoms. The van der Waals surface area contributed by atoms with Gasteiger partial charge in [0.2, 0.25) is 0 Å². The van der Waals surface area contributed by atoms with Crippen molar-refractivity contribution in [3.8, 4) is 11.8 Å². The van der Waals surface area contributed by atoms with Crippen molar-refractivity contribution in [2.45, 2.75) is 6.42 Å². The van der Waals surface area contributed by atoms with Gasteiger partial charge in [0.15, 0.2) is 0 Å². The Hall–Kier alpha value is -2.42. The fourth-order valence-electron chi connectivity index (χ4n) is 1.45. The predicted molar refractivity (Wildman–Crippen MR) is 80.0 cm³/mol. The van der Waals surface area contributed by atoms with Crippen LogP contribution in [0, 0.1) is 11.8 Å². The van der Waals surface area contributed by atoms with Crippen LogP contribution in [-0.4, -0.2) is 27.6 Å². The van der Waals surface area contributed by atoms with Gasteiger partial charge in [-0.25, -0.2) is 9.97 Å². The number of carbonyl (C=O) groups is 1. The second-order valence-corrected chi connectivity index (χ2v) is 4.46. The van der Waals surface area contributed by atoms with Gasteiger partial charge in [0.25, 0.3) is 5.91 Å². The molecule has 0 saturated heterocycles. The lowest BCUT2D eigenvalue weighted by atomic mass is 10.2.